The van der Waals surface area contributed by atoms with Crippen molar-refractivity contribution in [2.75, 3.05) is 11.9 Å². The van der Waals surface area contributed by atoms with Crippen molar-refractivity contribution in [3.8, 4) is 5.69 Å². The van der Waals surface area contributed by atoms with Gasteiger partial charge in [0.15, 0.2) is 5.65 Å². The SMILES string of the molecule is CCOC(=O)c1ccc(NC(=O)c2cnc3c(c(C)nn3-c3ccccc3)c2Cl)cc1. The lowest BCUT2D eigenvalue weighted by Gasteiger charge is -2.09. The largest absolute Gasteiger partial charge is 0.462 e. The molecule has 0 aliphatic rings. The molecule has 4 aromatic rings. The Hall–Kier alpha value is -3.71. The van der Waals surface area contributed by atoms with Crippen LogP contribution in [0.2, 0.25) is 5.02 Å². The van der Waals surface area contributed by atoms with E-state index in [-0.39, 0.29) is 10.6 Å². The van der Waals surface area contributed by atoms with Crippen LogP contribution in [0.1, 0.15) is 33.3 Å². The topological polar surface area (TPSA) is 86.1 Å². The van der Waals surface area contributed by atoms with Crippen molar-refractivity contribution in [2.45, 2.75) is 13.8 Å². The maximum atomic E-state index is 12.8. The number of aromatic nitrogens is 3. The fraction of sp³-hybridized carbons (Fsp3) is 0.130. The molecule has 4 rings (SSSR count). The summed E-state index contributed by atoms with van der Waals surface area (Å²) in [7, 11) is 0. The number of ether oxygens (including phenoxy) is 1. The van der Waals surface area contributed by atoms with Crippen molar-refractivity contribution < 1.29 is 14.3 Å². The Bertz CT molecular complexity index is 1270. The highest BCUT2D eigenvalue weighted by Gasteiger charge is 2.20. The van der Waals surface area contributed by atoms with Gasteiger partial charge in [-0.25, -0.2) is 14.5 Å². The molecule has 0 aliphatic carbocycles. The van der Waals surface area contributed by atoms with E-state index < -0.39 is 11.9 Å². The lowest BCUT2D eigenvalue weighted by atomic mass is 10.1. The van der Waals surface area contributed by atoms with Crippen LogP contribution in [0.25, 0.3) is 16.7 Å². The highest BCUT2D eigenvalue weighted by molar-refractivity contribution is 6.39. The molecule has 1 amide bonds. The van der Waals surface area contributed by atoms with Crippen molar-refractivity contribution in [3.05, 3.63) is 82.6 Å². The standard InChI is InChI=1S/C23H19ClN4O3/c1-3-31-23(30)15-9-11-16(12-10-15)26-22(29)18-13-25-21-19(20(18)24)14(2)27-28(21)17-7-5-4-6-8-17/h4-13H,3H2,1-2H3,(H,26,29). The maximum Gasteiger partial charge on any atom is 0.338 e. The van der Waals surface area contributed by atoms with Crippen LogP contribution in [0.4, 0.5) is 5.69 Å². The molecule has 2 aromatic heterocycles. The molecule has 1 N–H and O–H groups in total. The van der Waals surface area contributed by atoms with E-state index in [1.165, 1.54) is 6.20 Å². The fourth-order valence-corrected chi connectivity index (χ4v) is 3.57. The van der Waals surface area contributed by atoms with Gasteiger partial charge in [-0.15, -0.1) is 0 Å². The number of para-hydroxylation sites is 1. The summed E-state index contributed by atoms with van der Waals surface area (Å²) in [4.78, 5) is 29.0. The summed E-state index contributed by atoms with van der Waals surface area (Å²) >= 11 is 6.59. The molecule has 0 radical (unpaired) electrons. The van der Waals surface area contributed by atoms with Crippen LogP contribution in [-0.4, -0.2) is 33.2 Å². The zero-order chi connectivity index (χ0) is 22.0. The number of halogens is 1. The van der Waals surface area contributed by atoms with Crippen molar-refractivity contribution in [1.29, 1.82) is 0 Å². The van der Waals surface area contributed by atoms with Crippen molar-refractivity contribution in [2.24, 2.45) is 0 Å². The number of amides is 1. The first kappa shape index (κ1) is 20.6. The molecule has 7 nitrogen and oxygen atoms in total. The second kappa shape index (κ2) is 8.57. The number of fused-ring (bicyclic) bond motifs is 1. The molecule has 0 aliphatic heterocycles. The minimum absolute atomic E-state index is 0.236. The molecular formula is C23H19ClN4O3. The van der Waals surface area contributed by atoms with Gasteiger partial charge in [0, 0.05) is 11.9 Å². The Labute approximate surface area is 183 Å². The number of anilines is 1. The van der Waals surface area contributed by atoms with Gasteiger partial charge >= 0.3 is 5.97 Å². The molecule has 31 heavy (non-hydrogen) atoms. The van der Waals surface area contributed by atoms with Gasteiger partial charge in [0.2, 0.25) is 0 Å². The van der Waals surface area contributed by atoms with Crippen molar-refractivity contribution in [1.82, 2.24) is 14.8 Å². The van der Waals surface area contributed by atoms with Gasteiger partial charge in [-0.3, -0.25) is 4.79 Å². The fourth-order valence-electron chi connectivity index (χ4n) is 3.22. The van der Waals surface area contributed by atoms with E-state index in [4.69, 9.17) is 16.3 Å². The zero-order valence-electron chi connectivity index (χ0n) is 16.9. The summed E-state index contributed by atoms with van der Waals surface area (Å²) in [5.41, 5.74) is 3.26. The van der Waals surface area contributed by atoms with Gasteiger partial charge in [-0.05, 0) is 50.2 Å². The summed E-state index contributed by atoms with van der Waals surface area (Å²) in [6.45, 7) is 3.86. The molecule has 0 spiro atoms. The third-order valence-electron chi connectivity index (χ3n) is 4.71. The second-order valence-corrected chi connectivity index (χ2v) is 7.15. The number of benzene rings is 2. The lowest BCUT2D eigenvalue weighted by molar-refractivity contribution is 0.0526. The third kappa shape index (κ3) is 4.00. The highest BCUT2D eigenvalue weighted by Crippen LogP contribution is 2.30. The quantitative estimate of drug-likeness (QED) is 0.455. The average molecular weight is 435 g/mol. The molecular weight excluding hydrogens is 416 g/mol. The number of hydrogen-bond acceptors (Lipinski definition) is 5. The monoisotopic (exact) mass is 434 g/mol. The number of nitrogens with zero attached hydrogens (tertiary/aromatic N) is 3. The van der Waals surface area contributed by atoms with Crippen LogP contribution in [0.5, 0.6) is 0 Å². The van der Waals surface area contributed by atoms with Crippen LogP contribution in [0, 0.1) is 6.92 Å². The van der Waals surface area contributed by atoms with Crippen LogP contribution >= 0.6 is 11.6 Å². The first-order valence-electron chi connectivity index (χ1n) is 9.67. The number of hydrogen-bond donors (Lipinski definition) is 1. The minimum Gasteiger partial charge on any atom is -0.462 e. The Balaban J connectivity index is 1.63. The van der Waals surface area contributed by atoms with Gasteiger partial charge < -0.3 is 10.1 Å². The number of carbonyl (C=O) groups is 2. The van der Waals surface area contributed by atoms with Crippen molar-refractivity contribution >= 4 is 40.2 Å². The molecule has 8 heteroatoms. The number of rotatable bonds is 5. The number of carbonyl (C=O) groups excluding carboxylic acids is 2. The van der Waals surface area contributed by atoms with Gasteiger partial charge in [0.1, 0.15) is 0 Å². The summed E-state index contributed by atoms with van der Waals surface area (Å²) in [6, 6.07) is 16.0. The van der Waals surface area contributed by atoms with E-state index in [0.717, 1.165) is 5.69 Å². The molecule has 0 saturated carbocycles. The van der Waals surface area contributed by atoms with Crippen LogP contribution in [0.3, 0.4) is 0 Å². The first-order valence-corrected chi connectivity index (χ1v) is 10.0. The molecule has 0 saturated heterocycles. The molecule has 2 heterocycles. The molecule has 156 valence electrons. The van der Waals surface area contributed by atoms with Gasteiger partial charge in [0.05, 0.1) is 39.5 Å². The van der Waals surface area contributed by atoms with E-state index in [9.17, 15) is 9.59 Å². The Morgan fingerprint density at radius 3 is 2.48 bits per heavy atom. The average Bonchev–Trinajstić information content (AvgIpc) is 3.12. The Morgan fingerprint density at radius 2 is 1.81 bits per heavy atom. The van der Waals surface area contributed by atoms with Gasteiger partial charge in [-0.2, -0.15) is 5.10 Å². The van der Waals surface area contributed by atoms with Crippen LogP contribution in [-0.2, 0) is 4.74 Å². The third-order valence-corrected chi connectivity index (χ3v) is 5.10. The maximum absolute atomic E-state index is 12.8. The normalized spacial score (nSPS) is 10.8. The Morgan fingerprint density at radius 1 is 1.10 bits per heavy atom. The predicted octanol–water partition coefficient (Wildman–Crippen LogP) is 4.81. The molecule has 0 atom stereocenters. The van der Waals surface area contributed by atoms with Crippen LogP contribution in [0.15, 0.2) is 60.8 Å². The van der Waals surface area contributed by atoms with Crippen LogP contribution < -0.4 is 5.32 Å². The molecule has 2 aromatic carbocycles. The van der Waals surface area contributed by atoms with Crippen molar-refractivity contribution in [3.63, 3.8) is 0 Å². The molecule has 0 unspecified atom stereocenters. The van der Waals surface area contributed by atoms with E-state index in [1.807, 2.05) is 37.3 Å². The number of nitrogens with one attached hydrogen (secondary N) is 1. The minimum atomic E-state index is -0.413. The summed E-state index contributed by atoms with van der Waals surface area (Å²) in [5.74, 6) is -0.820. The Kier molecular flexibility index (Phi) is 5.68. The number of pyridine rings is 1. The van der Waals surface area contributed by atoms with E-state index in [0.29, 0.717) is 34.6 Å². The van der Waals surface area contributed by atoms with Gasteiger partial charge in [0.25, 0.3) is 5.91 Å². The number of esters is 1. The summed E-state index contributed by atoms with van der Waals surface area (Å²) < 4.78 is 6.66. The highest BCUT2D eigenvalue weighted by atomic mass is 35.5. The second-order valence-electron chi connectivity index (χ2n) is 6.77. The summed E-state index contributed by atoms with van der Waals surface area (Å²) in [5, 5.41) is 8.22. The first-order chi connectivity index (χ1) is 15.0. The molecule has 0 fully saturated rings. The predicted molar refractivity (Wildman–Crippen MR) is 119 cm³/mol. The zero-order valence-corrected chi connectivity index (χ0v) is 17.7. The van der Waals surface area contributed by atoms with Gasteiger partial charge in [-0.1, -0.05) is 29.8 Å². The smallest absolute Gasteiger partial charge is 0.338 e. The van der Waals surface area contributed by atoms with E-state index in [1.54, 1.807) is 35.9 Å². The van der Waals surface area contributed by atoms with E-state index >= 15 is 0 Å². The lowest BCUT2D eigenvalue weighted by Crippen LogP contribution is -2.13. The summed E-state index contributed by atoms with van der Waals surface area (Å²) in [6.07, 6.45) is 1.44. The molecule has 0 bridgehead atoms. The van der Waals surface area contributed by atoms with E-state index in [2.05, 4.69) is 15.4 Å². The number of aryl methyl sites for hydroxylation is 1.